The Labute approximate surface area is 117 Å². The molecule has 0 spiro atoms. The lowest BCUT2D eigenvalue weighted by atomic mass is 10.3. The van der Waals surface area contributed by atoms with Crippen molar-refractivity contribution < 1.29 is 4.79 Å². The molecule has 2 heterocycles. The summed E-state index contributed by atoms with van der Waals surface area (Å²) in [5.74, 6) is 5.22. The highest BCUT2D eigenvalue weighted by atomic mass is 32.1. The Morgan fingerprint density at radius 3 is 2.95 bits per heavy atom. The van der Waals surface area contributed by atoms with Gasteiger partial charge in [-0.2, -0.15) is 0 Å². The molecule has 1 aromatic carbocycles. The standard InChI is InChI=1S/C12H10N4OS2/c13-16-12-15-8-6-7(3-4-9(8)19-12)14-11(17)10-2-1-5-18-10/h1-6H,13H2,(H,14,17)(H,15,16). The predicted molar refractivity (Wildman–Crippen MR) is 79.7 cm³/mol. The average Bonchev–Trinajstić information content (AvgIpc) is 3.07. The van der Waals surface area contributed by atoms with Crippen molar-refractivity contribution in [3.8, 4) is 0 Å². The Morgan fingerprint density at radius 2 is 2.21 bits per heavy atom. The fraction of sp³-hybridized carbons (Fsp3) is 0. The molecule has 3 rings (SSSR count). The van der Waals surface area contributed by atoms with Crippen molar-refractivity contribution in [2.24, 2.45) is 5.84 Å². The molecular formula is C12H10N4OS2. The first-order chi connectivity index (χ1) is 9.26. The quantitative estimate of drug-likeness (QED) is 0.512. The zero-order valence-electron chi connectivity index (χ0n) is 9.71. The van der Waals surface area contributed by atoms with Crippen molar-refractivity contribution in [1.82, 2.24) is 4.98 Å². The zero-order valence-corrected chi connectivity index (χ0v) is 11.3. The number of benzene rings is 1. The number of hydrogen-bond acceptors (Lipinski definition) is 6. The minimum atomic E-state index is -0.109. The first-order valence-corrected chi connectivity index (χ1v) is 7.18. The SMILES string of the molecule is NNc1nc2cc(NC(=O)c3cccs3)ccc2s1. The van der Waals surface area contributed by atoms with Crippen molar-refractivity contribution in [2.75, 3.05) is 10.7 Å². The summed E-state index contributed by atoms with van der Waals surface area (Å²) in [5.41, 5.74) is 4.05. The molecule has 3 aromatic rings. The van der Waals surface area contributed by atoms with Crippen LogP contribution in [0.3, 0.4) is 0 Å². The number of nitrogens with zero attached hydrogens (tertiary/aromatic N) is 1. The summed E-state index contributed by atoms with van der Waals surface area (Å²) >= 11 is 2.87. The third-order valence-electron chi connectivity index (χ3n) is 2.51. The van der Waals surface area contributed by atoms with Crippen LogP contribution in [0.2, 0.25) is 0 Å². The normalized spacial score (nSPS) is 10.6. The summed E-state index contributed by atoms with van der Waals surface area (Å²) in [4.78, 5) is 16.9. The number of hydrazine groups is 1. The highest BCUT2D eigenvalue weighted by Gasteiger charge is 2.08. The van der Waals surface area contributed by atoms with Gasteiger partial charge in [0.25, 0.3) is 5.91 Å². The second-order valence-electron chi connectivity index (χ2n) is 3.78. The Balaban J connectivity index is 1.87. The van der Waals surface area contributed by atoms with E-state index in [0.717, 1.165) is 15.9 Å². The van der Waals surface area contributed by atoms with Gasteiger partial charge in [-0.05, 0) is 29.6 Å². The molecule has 96 valence electrons. The molecule has 0 aliphatic carbocycles. The van der Waals surface area contributed by atoms with Crippen LogP contribution in [0, 0.1) is 0 Å². The van der Waals surface area contributed by atoms with Crippen molar-refractivity contribution in [3.05, 3.63) is 40.6 Å². The van der Waals surface area contributed by atoms with Gasteiger partial charge in [0.05, 0.1) is 15.1 Å². The van der Waals surface area contributed by atoms with Crippen molar-refractivity contribution >= 4 is 49.6 Å². The lowest BCUT2D eigenvalue weighted by Crippen LogP contribution is -2.09. The zero-order chi connectivity index (χ0) is 13.2. The Morgan fingerprint density at radius 1 is 1.32 bits per heavy atom. The highest BCUT2D eigenvalue weighted by molar-refractivity contribution is 7.22. The van der Waals surface area contributed by atoms with Crippen molar-refractivity contribution in [1.29, 1.82) is 0 Å². The van der Waals surface area contributed by atoms with E-state index in [-0.39, 0.29) is 5.91 Å². The molecule has 0 atom stereocenters. The van der Waals surface area contributed by atoms with Gasteiger partial charge in [0, 0.05) is 5.69 Å². The van der Waals surface area contributed by atoms with Crippen molar-refractivity contribution in [3.63, 3.8) is 0 Å². The molecule has 2 aromatic heterocycles. The molecule has 0 saturated heterocycles. The molecular weight excluding hydrogens is 280 g/mol. The predicted octanol–water partition coefficient (Wildman–Crippen LogP) is 2.90. The minimum Gasteiger partial charge on any atom is -0.321 e. The lowest BCUT2D eigenvalue weighted by molar-refractivity contribution is 0.103. The first-order valence-electron chi connectivity index (χ1n) is 5.48. The summed E-state index contributed by atoms with van der Waals surface area (Å²) in [6.07, 6.45) is 0. The van der Waals surface area contributed by atoms with E-state index in [1.165, 1.54) is 22.7 Å². The number of carbonyl (C=O) groups is 1. The van der Waals surface area contributed by atoms with Gasteiger partial charge in [0.1, 0.15) is 0 Å². The van der Waals surface area contributed by atoms with Gasteiger partial charge in [0.15, 0.2) is 5.13 Å². The smallest absolute Gasteiger partial charge is 0.265 e. The highest BCUT2D eigenvalue weighted by Crippen LogP contribution is 2.27. The van der Waals surface area contributed by atoms with E-state index in [9.17, 15) is 4.79 Å². The Kier molecular flexibility index (Phi) is 3.16. The average molecular weight is 290 g/mol. The minimum absolute atomic E-state index is 0.109. The fourth-order valence-corrected chi connectivity index (χ4v) is 3.04. The topological polar surface area (TPSA) is 80.0 Å². The van der Waals surface area contributed by atoms with Crippen LogP contribution in [0.5, 0.6) is 0 Å². The number of anilines is 2. The molecule has 0 saturated carbocycles. The summed E-state index contributed by atoms with van der Waals surface area (Å²) in [6, 6.07) is 9.24. The second kappa shape index (κ2) is 4.96. The van der Waals surface area contributed by atoms with Gasteiger partial charge in [-0.3, -0.25) is 10.2 Å². The molecule has 0 radical (unpaired) electrons. The van der Waals surface area contributed by atoms with E-state index in [2.05, 4.69) is 15.7 Å². The van der Waals surface area contributed by atoms with Crippen LogP contribution in [0.25, 0.3) is 10.2 Å². The van der Waals surface area contributed by atoms with E-state index in [4.69, 9.17) is 5.84 Å². The molecule has 19 heavy (non-hydrogen) atoms. The molecule has 4 N–H and O–H groups in total. The van der Waals surface area contributed by atoms with Crippen LogP contribution in [0.4, 0.5) is 10.8 Å². The van der Waals surface area contributed by atoms with Crippen molar-refractivity contribution in [2.45, 2.75) is 0 Å². The summed E-state index contributed by atoms with van der Waals surface area (Å²) in [6.45, 7) is 0. The number of carbonyl (C=O) groups excluding carboxylic acids is 1. The van der Waals surface area contributed by atoms with Crippen LogP contribution in [0.1, 0.15) is 9.67 Å². The third-order valence-corrected chi connectivity index (χ3v) is 4.35. The van der Waals surface area contributed by atoms with Gasteiger partial charge < -0.3 is 5.32 Å². The van der Waals surface area contributed by atoms with Gasteiger partial charge in [-0.1, -0.05) is 17.4 Å². The van der Waals surface area contributed by atoms with Crippen LogP contribution < -0.4 is 16.6 Å². The third kappa shape index (κ3) is 2.43. The van der Waals surface area contributed by atoms with Crippen LogP contribution in [-0.4, -0.2) is 10.9 Å². The van der Waals surface area contributed by atoms with Gasteiger partial charge in [0.2, 0.25) is 0 Å². The van der Waals surface area contributed by atoms with Crippen LogP contribution in [0.15, 0.2) is 35.7 Å². The maximum Gasteiger partial charge on any atom is 0.265 e. The van der Waals surface area contributed by atoms with E-state index in [1.807, 2.05) is 29.6 Å². The number of amides is 1. The molecule has 0 aliphatic rings. The van der Waals surface area contributed by atoms with E-state index in [0.29, 0.717) is 10.0 Å². The van der Waals surface area contributed by atoms with Crippen LogP contribution >= 0.6 is 22.7 Å². The largest absolute Gasteiger partial charge is 0.321 e. The molecule has 5 nitrogen and oxygen atoms in total. The number of fused-ring (bicyclic) bond motifs is 1. The maximum absolute atomic E-state index is 11.9. The first kappa shape index (κ1) is 12.1. The number of nitrogen functional groups attached to an aromatic ring is 1. The van der Waals surface area contributed by atoms with E-state index < -0.39 is 0 Å². The second-order valence-corrected chi connectivity index (χ2v) is 5.76. The summed E-state index contributed by atoms with van der Waals surface area (Å²) in [7, 11) is 0. The molecule has 7 heteroatoms. The van der Waals surface area contributed by atoms with Crippen LogP contribution in [-0.2, 0) is 0 Å². The number of hydrogen-bond donors (Lipinski definition) is 3. The molecule has 0 unspecified atom stereocenters. The van der Waals surface area contributed by atoms with Gasteiger partial charge in [-0.25, -0.2) is 10.8 Å². The number of thiophene rings is 1. The lowest BCUT2D eigenvalue weighted by Gasteiger charge is -2.02. The van der Waals surface area contributed by atoms with E-state index >= 15 is 0 Å². The Hall–Kier alpha value is -1.96. The molecule has 0 fully saturated rings. The van der Waals surface area contributed by atoms with Gasteiger partial charge >= 0.3 is 0 Å². The number of aromatic nitrogens is 1. The maximum atomic E-state index is 11.9. The Bertz CT molecular complexity index is 720. The molecule has 0 aliphatic heterocycles. The number of nitrogens with two attached hydrogens (primary N) is 1. The van der Waals surface area contributed by atoms with Gasteiger partial charge in [-0.15, -0.1) is 11.3 Å². The van der Waals surface area contributed by atoms with E-state index in [1.54, 1.807) is 6.07 Å². The number of thiazole rings is 1. The fourth-order valence-electron chi connectivity index (χ4n) is 1.67. The molecule has 0 bridgehead atoms. The summed E-state index contributed by atoms with van der Waals surface area (Å²) in [5, 5.41) is 5.37. The number of rotatable bonds is 3. The number of nitrogens with one attached hydrogen (secondary N) is 2. The molecule has 1 amide bonds. The monoisotopic (exact) mass is 290 g/mol. The summed E-state index contributed by atoms with van der Waals surface area (Å²) < 4.78 is 1.02.